The van der Waals surface area contributed by atoms with Crippen molar-refractivity contribution in [2.24, 2.45) is 4.99 Å². The molecule has 0 bridgehead atoms. The maximum absolute atomic E-state index is 5.74. The molecule has 1 heterocycles. The second-order valence-electron chi connectivity index (χ2n) is 3.85. The van der Waals surface area contributed by atoms with Crippen LogP contribution in [0.4, 0.5) is 5.69 Å². The Hall–Kier alpha value is -1.13. The average Bonchev–Trinajstić information content (AvgIpc) is 2.80. The van der Waals surface area contributed by atoms with Crippen LogP contribution in [0.2, 0.25) is 0 Å². The predicted molar refractivity (Wildman–Crippen MR) is 80.2 cm³/mol. The molecule has 1 saturated heterocycles. The van der Waals surface area contributed by atoms with Crippen molar-refractivity contribution in [1.82, 2.24) is 4.90 Å². The van der Waals surface area contributed by atoms with Gasteiger partial charge in [-0.1, -0.05) is 0 Å². The van der Waals surface area contributed by atoms with Crippen molar-refractivity contribution in [1.29, 1.82) is 0 Å². The van der Waals surface area contributed by atoms with E-state index >= 15 is 0 Å². The normalized spacial score (nSPS) is 16.1. The summed E-state index contributed by atoms with van der Waals surface area (Å²) in [5.41, 5.74) is 0.856. The van der Waals surface area contributed by atoms with E-state index in [0.717, 1.165) is 24.5 Å². The van der Waals surface area contributed by atoms with Gasteiger partial charge < -0.3 is 14.4 Å². The Morgan fingerprint density at radius 3 is 2.74 bits per heavy atom. The van der Waals surface area contributed by atoms with Gasteiger partial charge >= 0.3 is 0 Å². The smallest absolute Gasteiger partial charge is 0.292 e. The van der Waals surface area contributed by atoms with Gasteiger partial charge in [0.15, 0.2) is 0 Å². The Morgan fingerprint density at radius 1 is 1.37 bits per heavy atom. The van der Waals surface area contributed by atoms with E-state index in [1.54, 1.807) is 0 Å². The van der Waals surface area contributed by atoms with Crippen LogP contribution in [0.3, 0.4) is 0 Å². The molecule has 0 unspecified atom stereocenters. The Kier molecular flexibility index (Phi) is 6.81. The van der Waals surface area contributed by atoms with Gasteiger partial charge in [-0.3, -0.25) is 0 Å². The summed E-state index contributed by atoms with van der Waals surface area (Å²) in [6, 6.07) is 8.30. The fraction of sp³-hybridized carbons (Fsp3) is 0.462. The van der Waals surface area contributed by atoms with Crippen molar-refractivity contribution in [2.75, 3.05) is 32.2 Å². The van der Waals surface area contributed by atoms with Gasteiger partial charge in [0, 0.05) is 12.4 Å². The van der Waals surface area contributed by atoms with Crippen LogP contribution in [0.1, 0.15) is 6.92 Å². The van der Waals surface area contributed by atoms with Crippen LogP contribution in [-0.4, -0.2) is 43.1 Å². The highest BCUT2D eigenvalue weighted by Crippen LogP contribution is 2.19. The summed E-state index contributed by atoms with van der Waals surface area (Å²) in [7, 11) is 0. The summed E-state index contributed by atoms with van der Waals surface area (Å²) in [4.78, 5) is 6.51. The molecule has 1 aromatic rings. The van der Waals surface area contributed by atoms with Crippen LogP contribution in [0.25, 0.3) is 0 Å². The van der Waals surface area contributed by atoms with Gasteiger partial charge in [-0.2, -0.15) is 4.99 Å². The van der Waals surface area contributed by atoms with E-state index < -0.39 is 0 Å². The van der Waals surface area contributed by atoms with E-state index in [1.165, 1.54) is 0 Å². The first-order chi connectivity index (χ1) is 8.83. The first-order valence-electron chi connectivity index (χ1n) is 6.08. The highest BCUT2D eigenvalue weighted by molar-refractivity contribution is 6.18. The molecule has 1 aliphatic rings. The fourth-order valence-corrected chi connectivity index (χ4v) is 1.94. The monoisotopic (exact) mass is 304 g/mol. The molecule has 0 aliphatic carbocycles. The number of alkyl halides is 1. The van der Waals surface area contributed by atoms with Gasteiger partial charge in [0.1, 0.15) is 12.4 Å². The molecule has 2 rings (SSSR count). The lowest BCUT2D eigenvalue weighted by Crippen LogP contribution is -2.27. The number of hydrogen-bond acceptors (Lipinski definition) is 3. The van der Waals surface area contributed by atoms with Crippen molar-refractivity contribution < 1.29 is 9.47 Å². The molecule has 0 radical (unpaired) electrons. The Morgan fingerprint density at radius 2 is 2.11 bits per heavy atom. The molecule has 0 saturated carbocycles. The summed E-state index contributed by atoms with van der Waals surface area (Å²) >= 11 is 5.74. The van der Waals surface area contributed by atoms with E-state index in [0.29, 0.717) is 25.1 Å². The third kappa shape index (κ3) is 4.48. The van der Waals surface area contributed by atoms with Gasteiger partial charge in [0.25, 0.3) is 6.02 Å². The van der Waals surface area contributed by atoms with Crippen LogP contribution in [0, 0.1) is 0 Å². The SMILES string of the molecule is CCOc1ccc(N=C2OCCN2CCCl)cc1.Cl. The van der Waals surface area contributed by atoms with Crippen LogP contribution in [0.15, 0.2) is 29.3 Å². The van der Waals surface area contributed by atoms with Crippen LogP contribution in [0.5, 0.6) is 5.75 Å². The summed E-state index contributed by atoms with van der Waals surface area (Å²) in [6.07, 6.45) is 0. The molecule has 106 valence electrons. The van der Waals surface area contributed by atoms with Gasteiger partial charge in [0.05, 0.1) is 18.8 Å². The van der Waals surface area contributed by atoms with E-state index in [9.17, 15) is 0 Å². The molecule has 6 heteroatoms. The first kappa shape index (κ1) is 15.9. The third-order valence-corrected chi connectivity index (χ3v) is 2.76. The number of nitrogens with zero attached hydrogens (tertiary/aromatic N) is 2. The van der Waals surface area contributed by atoms with Crippen LogP contribution >= 0.6 is 24.0 Å². The average molecular weight is 305 g/mol. The summed E-state index contributed by atoms with van der Waals surface area (Å²) in [5, 5.41) is 0. The van der Waals surface area contributed by atoms with E-state index in [4.69, 9.17) is 21.1 Å². The molecular formula is C13H18Cl2N2O2. The van der Waals surface area contributed by atoms with E-state index in [2.05, 4.69) is 4.99 Å². The molecular weight excluding hydrogens is 287 g/mol. The molecule has 0 aromatic heterocycles. The lowest BCUT2D eigenvalue weighted by Gasteiger charge is -2.13. The highest BCUT2D eigenvalue weighted by Gasteiger charge is 2.19. The van der Waals surface area contributed by atoms with E-state index in [-0.39, 0.29) is 12.4 Å². The topological polar surface area (TPSA) is 34.1 Å². The quantitative estimate of drug-likeness (QED) is 0.784. The van der Waals surface area contributed by atoms with Crippen LogP contribution < -0.4 is 4.74 Å². The maximum Gasteiger partial charge on any atom is 0.292 e. The predicted octanol–water partition coefficient (Wildman–Crippen LogP) is 3.07. The Balaban J connectivity index is 0.00000180. The van der Waals surface area contributed by atoms with Crippen LogP contribution in [-0.2, 0) is 4.74 Å². The lowest BCUT2D eigenvalue weighted by atomic mass is 10.3. The van der Waals surface area contributed by atoms with Gasteiger partial charge in [-0.25, -0.2) is 0 Å². The molecule has 0 amide bonds. The number of rotatable bonds is 5. The van der Waals surface area contributed by atoms with Gasteiger partial charge in [-0.15, -0.1) is 24.0 Å². The summed E-state index contributed by atoms with van der Waals surface area (Å²) < 4.78 is 10.9. The zero-order chi connectivity index (χ0) is 12.8. The maximum atomic E-state index is 5.74. The van der Waals surface area contributed by atoms with Crippen molar-refractivity contribution in [3.05, 3.63) is 24.3 Å². The highest BCUT2D eigenvalue weighted by atomic mass is 35.5. The third-order valence-electron chi connectivity index (χ3n) is 2.59. The molecule has 1 aliphatic heterocycles. The van der Waals surface area contributed by atoms with Crippen molar-refractivity contribution in [2.45, 2.75) is 6.92 Å². The van der Waals surface area contributed by atoms with Crippen molar-refractivity contribution in [3.8, 4) is 5.75 Å². The second-order valence-corrected chi connectivity index (χ2v) is 4.22. The zero-order valence-electron chi connectivity index (χ0n) is 10.8. The first-order valence-corrected chi connectivity index (χ1v) is 6.62. The summed E-state index contributed by atoms with van der Waals surface area (Å²) in [5.74, 6) is 1.43. The number of hydrogen-bond donors (Lipinski definition) is 0. The Bertz CT molecular complexity index is 410. The molecule has 0 N–H and O–H groups in total. The standard InChI is InChI=1S/C13H17ClN2O2.ClH/c1-2-17-12-5-3-11(4-6-12)15-13-16(8-7-14)9-10-18-13;/h3-6H,2,7-10H2,1H3;1H. The van der Waals surface area contributed by atoms with Gasteiger partial charge in [0.2, 0.25) is 0 Å². The molecule has 0 spiro atoms. The largest absolute Gasteiger partial charge is 0.494 e. The lowest BCUT2D eigenvalue weighted by molar-refractivity contribution is 0.340. The minimum atomic E-state index is 0. The van der Waals surface area contributed by atoms with Gasteiger partial charge in [-0.05, 0) is 31.2 Å². The molecule has 1 aromatic carbocycles. The summed E-state index contributed by atoms with van der Waals surface area (Å²) in [6.45, 7) is 4.91. The number of halogens is 2. The van der Waals surface area contributed by atoms with Crippen molar-refractivity contribution in [3.63, 3.8) is 0 Å². The minimum absolute atomic E-state index is 0. The zero-order valence-corrected chi connectivity index (χ0v) is 12.4. The number of amidine groups is 1. The fourth-order valence-electron chi connectivity index (χ4n) is 1.74. The molecule has 19 heavy (non-hydrogen) atoms. The molecule has 0 atom stereocenters. The number of benzene rings is 1. The minimum Gasteiger partial charge on any atom is -0.494 e. The Labute approximate surface area is 124 Å². The molecule has 1 fully saturated rings. The van der Waals surface area contributed by atoms with Crippen molar-refractivity contribution >= 4 is 35.7 Å². The second kappa shape index (κ2) is 8.12. The number of ether oxygens (including phenoxy) is 2. The van der Waals surface area contributed by atoms with E-state index in [1.807, 2.05) is 36.1 Å². The molecule has 4 nitrogen and oxygen atoms in total. The number of aliphatic imine (C=N–C) groups is 1.